The number of halogens is 5. The summed E-state index contributed by atoms with van der Waals surface area (Å²) < 4.78 is 44.3. The van der Waals surface area contributed by atoms with E-state index in [4.69, 9.17) is 23.2 Å². The largest absolute Gasteiger partial charge is 0.433 e. The van der Waals surface area contributed by atoms with E-state index in [0.29, 0.717) is 31.1 Å². The quantitative estimate of drug-likeness (QED) is 0.243. The van der Waals surface area contributed by atoms with Gasteiger partial charge in [0.25, 0.3) is 5.91 Å². The van der Waals surface area contributed by atoms with Crippen molar-refractivity contribution in [2.45, 2.75) is 12.7 Å². The van der Waals surface area contributed by atoms with Gasteiger partial charge in [-0.3, -0.25) is 10.1 Å². The molecule has 1 N–H and O–H groups in total. The molecule has 0 atom stereocenters. The molecule has 13 heteroatoms. The van der Waals surface area contributed by atoms with Crippen LogP contribution in [0.2, 0.25) is 10.0 Å². The van der Waals surface area contributed by atoms with Crippen LogP contribution in [0.1, 0.15) is 21.6 Å². The summed E-state index contributed by atoms with van der Waals surface area (Å²) in [5.74, 6) is -0.854. The Morgan fingerprint density at radius 3 is 2.48 bits per heavy atom. The minimum atomic E-state index is -4.76. The second-order valence-corrected chi connectivity index (χ2v) is 9.58. The molecule has 3 heterocycles. The van der Waals surface area contributed by atoms with Gasteiger partial charge in [0.05, 0.1) is 18.4 Å². The Labute approximate surface area is 234 Å². The van der Waals surface area contributed by atoms with Gasteiger partial charge < -0.3 is 0 Å². The van der Waals surface area contributed by atoms with Crippen molar-refractivity contribution in [3.05, 3.63) is 106 Å². The first-order chi connectivity index (χ1) is 19.2. The Kier molecular flexibility index (Phi) is 6.40. The van der Waals surface area contributed by atoms with Gasteiger partial charge in [-0.2, -0.15) is 18.3 Å². The Morgan fingerprint density at radius 1 is 0.975 bits per heavy atom. The molecule has 0 bridgehead atoms. The molecule has 0 radical (unpaired) electrons. The Bertz CT molecular complexity index is 1890. The maximum atomic E-state index is 14.1. The molecule has 0 saturated carbocycles. The number of carbonyl (C=O) groups is 1. The van der Waals surface area contributed by atoms with Gasteiger partial charge in [-0.1, -0.05) is 71.7 Å². The number of alkyl halides is 3. The van der Waals surface area contributed by atoms with E-state index in [1.54, 1.807) is 42.5 Å². The Morgan fingerprint density at radius 2 is 1.70 bits per heavy atom. The molecule has 200 valence electrons. The van der Waals surface area contributed by atoms with Crippen LogP contribution < -0.4 is 5.32 Å². The van der Waals surface area contributed by atoms with Crippen LogP contribution in [-0.4, -0.2) is 35.3 Å². The van der Waals surface area contributed by atoms with Gasteiger partial charge in [0, 0.05) is 21.2 Å². The summed E-state index contributed by atoms with van der Waals surface area (Å²) in [5.41, 5.74) is -0.377. The summed E-state index contributed by atoms with van der Waals surface area (Å²) in [5, 5.41) is 13.0. The SMILES string of the molecule is O=C(Nc1ncn(Cc2c(Cl)cccc2Cl)n1)c1cnn2c(C(F)(F)F)cc(-c3cccc4ccccc34)nc12. The van der Waals surface area contributed by atoms with Gasteiger partial charge in [0.1, 0.15) is 11.9 Å². The van der Waals surface area contributed by atoms with Crippen molar-refractivity contribution < 1.29 is 18.0 Å². The van der Waals surface area contributed by atoms with E-state index < -0.39 is 17.8 Å². The molecule has 8 nitrogen and oxygen atoms in total. The zero-order valence-corrected chi connectivity index (χ0v) is 21.7. The van der Waals surface area contributed by atoms with E-state index in [9.17, 15) is 18.0 Å². The number of carbonyl (C=O) groups excluding carboxylic acids is 1. The highest BCUT2D eigenvalue weighted by Gasteiger charge is 2.36. The van der Waals surface area contributed by atoms with Crippen molar-refractivity contribution in [3.8, 4) is 11.3 Å². The van der Waals surface area contributed by atoms with Crippen LogP contribution >= 0.6 is 23.2 Å². The van der Waals surface area contributed by atoms with Crippen molar-refractivity contribution in [3.63, 3.8) is 0 Å². The van der Waals surface area contributed by atoms with Crippen LogP contribution in [-0.2, 0) is 12.7 Å². The first kappa shape index (κ1) is 25.8. The fraction of sp³-hybridized carbons (Fsp3) is 0.0741. The van der Waals surface area contributed by atoms with Gasteiger partial charge >= 0.3 is 6.18 Å². The lowest BCUT2D eigenvalue weighted by Crippen LogP contribution is -2.16. The Hall–Kier alpha value is -4.48. The second-order valence-electron chi connectivity index (χ2n) is 8.76. The smallest absolute Gasteiger partial charge is 0.289 e. The van der Waals surface area contributed by atoms with Crippen LogP contribution in [0.5, 0.6) is 0 Å². The maximum Gasteiger partial charge on any atom is 0.433 e. The second kappa shape index (κ2) is 9.92. The minimum Gasteiger partial charge on any atom is -0.289 e. The summed E-state index contributed by atoms with van der Waals surface area (Å²) in [7, 11) is 0. The highest BCUT2D eigenvalue weighted by atomic mass is 35.5. The third kappa shape index (κ3) is 4.74. The van der Waals surface area contributed by atoms with Crippen LogP contribution in [0.4, 0.5) is 19.1 Å². The van der Waals surface area contributed by atoms with Gasteiger partial charge in [-0.05, 0) is 29.0 Å². The molecule has 0 unspecified atom stereocenters. The summed E-state index contributed by atoms with van der Waals surface area (Å²) in [4.78, 5) is 21.7. The van der Waals surface area contributed by atoms with Gasteiger partial charge in [-0.25, -0.2) is 19.2 Å². The zero-order chi connectivity index (χ0) is 28.0. The highest BCUT2D eigenvalue weighted by molar-refractivity contribution is 6.36. The van der Waals surface area contributed by atoms with Crippen LogP contribution in [0.3, 0.4) is 0 Å². The zero-order valence-electron chi connectivity index (χ0n) is 20.2. The molecule has 0 fully saturated rings. The lowest BCUT2D eigenvalue weighted by Gasteiger charge is -2.13. The highest BCUT2D eigenvalue weighted by Crippen LogP contribution is 2.35. The maximum absolute atomic E-state index is 14.1. The van der Waals surface area contributed by atoms with E-state index in [1.807, 2.05) is 18.2 Å². The van der Waals surface area contributed by atoms with Crippen molar-refractivity contribution in [2.75, 3.05) is 5.32 Å². The van der Waals surface area contributed by atoms with E-state index in [1.165, 1.54) is 11.0 Å². The summed E-state index contributed by atoms with van der Waals surface area (Å²) in [6.45, 7) is 0.184. The molecule has 3 aromatic carbocycles. The molecule has 0 aliphatic carbocycles. The third-order valence-corrected chi connectivity index (χ3v) is 6.92. The topological polar surface area (TPSA) is 90.0 Å². The van der Waals surface area contributed by atoms with E-state index in [0.717, 1.165) is 17.6 Å². The van der Waals surface area contributed by atoms with Gasteiger partial charge in [-0.15, -0.1) is 5.10 Å². The minimum absolute atomic E-state index is 0.0465. The molecule has 40 heavy (non-hydrogen) atoms. The normalized spacial score (nSPS) is 11.8. The molecular formula is C27H16Cl2F3N7O. The van der Waals surface area contributed by atoms with Crippen molar-refractivity contribution in [1.82, 2.24) is 29.4 Å². The lowest BCUT2D eigenvalue weighted by molar-refractivity contribution is -0.142. The molecule has 0 aliphatic rings. The number of nitrogens with zero attached hydrogens (tertiary/aromatic N) is 6. The fourth-order valence-electron chi connectivity index (χ4n) is 4.35. The lowest BCUT2D eigenvalue weighted by atomic mass is 10.0. The summed E-state index contributed by atoms with van der Waals surface area (Å²) in [6, 6.07) is 18.5. The monoisotopic (exact) mass is 581 g/mol. The number of hydrogen-bond donors (Lipinski definition) is 1. The number of hydrogen-bond acceptors (Lipinski definition) is 5. The average Bonchev–Trinajstić information content (AvgIpc) is 3.56. The number of rotatable bonds is 5. The predicted octanol–water partition coefficient (Wildman–Crippen LogP) is 6.77. The van der Waals surface area contributed by atoms with E-state index in [2.05, 4.69) is 25.5 Å². The average molecular weight is 582 g/mol. The van der Waals surface area contributed by atoms with Gasteiger partial charge in [0.15, 0.2) is 11.3 Å². The molecule has 0 spiro atoms. The van der Waals surface area contributed by atoms with Crippen LogP contribution in [0.25, 0.3) is 27.7 Å². The number of nitrogens with one attached hydrogen (secondary N) is 1. The standard InChI is InChI=1S/C27H16Cl2F3N7O/c28-20-9-4-10-21(29)19(20)13-38-14-33-26(37-38)36-25(40)18-12-34-39-23(27(30,31)32)11-22(35-24(18)39)17-8-3-6-15-5-1-2-7-16(15)17/h1-12,14H,13H2,(H,36,37,40). The predicted molar refractivity (Wildman–Crippen MR) is 144 cm³/mol. The van der Waals surface area contributed by atoms with E-state index >= 15 is 0 Å². The summed E-state index contributed by atoms with van der Waals surface area (Å²) >= 11 is 12.4. The molecule has 3 aromatic heterocycles. The number of benzene rings is 3. The Balaban J connectivity index is 1.37. The molecular weight excluding hydrogens is 566 g/mol. The fourth-order valence-corrected chi connectivity index (χ4v) is 4.87. The van der Waals surface area contributed by atoms with Gasteiger partial charge in [0.2, 0.25) is 5.95 Å². The van der Waals surface area contributed by atoms with Crippen molar-refractivity contribution in [2.24, 2.45) is 0 Å². The number of aromatic nitrogens is 6. The van der Waals surface area contributed by atoms with Crippen LogP contribution in [0.15, 0.2) is 79.3 Å². The molecule has 6 aromatic rings. The van der Waals surface area contributed by atoms with E-state index in [-0.39, 0.29) is 29.4 Å². The van der Waals surface area contributed by atoms with Crippen molar-refractivity contribution in [1.29, 1.82) is 0 Å². The van der Waals surface area contributed by atoms with Crippen LogP contribution in [0, 0.1) is 0 Å². The summed E-state index contributed by atoms with van der Waals surface area (Å²) in [6.07, 6.45) is -2.37. The first-order valence-corrected chi connectivity index (χ1v) is 12.5. The van der Waals surface area contributed by atoms with Crippen molar-refractivity contribution >= 4 is 51.5 Å². The number of amides is 1. The molecule has 0 aliphatic heterocycles. The number of fused-ring (bicyclic) bond motifs is 2. The third-order valence-electron chi connectivity index (χ3n) is 6.22. The molecule has 0 saturated heterocycles. The first-order valence-electron chi connectivity index (χ1n) is 11.8. The molecule has 1 amide bonds. The molecule has 6 rings (SSSR count). The number of anilines is 1.